The minimum Gasteiger partial charge on any atom is -0.462 e. The van der Waals surface area contributed by atoms with Crippen molar-refractivity contribution in [2.45, 2.75) is 219 Å². The summed E-state index contributed by atoms with van der Waals surface area (Å²) in [6, 6.07) is 0. The van der Waals surface area contributed by atoms with Gasteiger partial charge in [0.2, 0.25) is 0 Å². The topological polar surface area (TPSA) is 78.9 Å². The van der Waals surface area contributed by atoms with Crippen LogP contribution in [0.1, 0.15) is 213 Å². The molecule has 0 spiro atoms. The largest absolute Gasteiger partial charge is 0.462 e. The highest BCUT2D eigenvalue weighted by molar-refractivity contribution is 5.71. The van der Waals surface area contributed by atoms with Crippen molar-refractivity contribution in [3.05, 3.63) is 146 Å². The predicted molar refractivity (Wildman–Crippen MR) is 297 cm³/mol. The molecule has 0 saturated heterocycles. The van der Waals surface area contributed by atoms with Gasteiger partial charge in [-0.05, 0) is 128 Å². The van der Waals surface area contributed by atoms with Gasteiger partial charge in [0.25, 0.3) is 0 Å². The van der Waals surface area contributed by atoms with Gasteiger partial charge in [-0.1, -0.05) is 212 Å². The van der Waals surface area contributed by atoms with Crippen LogP contribution in [0.2, 0.25) is 0 Å². The van der Waals surface area contributed by atoms with E-state index in [1.807, 2.05) is 12.2 Å². The molecule has 1 unspecified atom stereocenters. The minimum atomic E-state index is -0.839. The quantitative estimate of drug-likeness (QED) is 0.0262. The van der Waals surface area contributed by atoms with E-state index in [1.165, 1.54) is 38.5 Å². The van der Waals surface area contributed by atoms with Crippen molar-refractivity contribution < 1.29 is 28.6 Å². The van der Waals surface area contributed by atoms with Crippen LogP contribution in [-0.4, -0.2) is 37.2 Å². The minimum absolute atomic E-state index is 0.127. The van der Waals surface area contributed by atoms with Gasteiger partial charge in [-0.25, -0.2) is 0 Å². The zero-order valence-corrected chi connectivity index (χ0v) is 44.0. The van der Waals surface area contributed by atoms with Crippen LogP contribution in [-0.2, 0) is 28.6 Å². The van der Waals surface area contributed by atoms with E-state index < -0.39 is 12.1 Å². The average Bonchev–Trinajstić information content (AvgIpc) is 3.35. The first-order valence-electron chi connectivity index (χ1n) is 27.3. The first-order valence-corrected chi connectivity index (χ1v) is 27.3. The summed E-state index contributed by atoms with van der Waals surface area (Å²) in [5.74, 6) is -1.06. The zero-order valence-electron chi connectivity index (χ0n) is 44.0. The van der Waals surface area contributed by atoms with Crippen LogP contribution in [0, 0.1) is 0 Å². The Kier molecular flexibility index (Phi) is 52.1. The van der Waals surface area contributed by atoms with Crippen LogP contribution < -0.4 is 0 Å². The lowest BCUT2D eigenvalue weighted by atomic mass is 10.1. The molecule has 0 aliphatic rings. The predicted octanol–water partition coefficient (Wildman–Crippen LogP) is 18.4. The van der Waals surface area contributed by atoms with Crippen molar-refractivity contribution in [3.63, 3.8) is 0 Å². The Balaban J connectivity index is 4.49. The Morgan fingerprint density at radius 2 is 0.594 bits per heavy atom. The van der Waals surface area contributed by atoms with Crippen molar-refractivity contribution in [1.29, 1.82) is 0 Å². The molecular weight excluding hydrogens is 853 g/mol. The average molecular weight is 951 g/mol. The normalized spacial score (nSPS) is 13.3. The van der Waals surface area contributed by atoms with E-state index in [2.05, 4.69) is 154 Å². The Morgan fingerprint density at radius 3 is 0.971 bits per heavy atom. The van der Waals surface area contributed by atoms with Crippen LogP contribution >= 0.6 is 0 Å². The van der Waals surface area contributed by atoms with Crippen molar-refractivity contribution in [2.75, 3.05) is 13.2 Å². The highest BCUT2D eigenvalue weighted by atomic mass is 16.6. The van der Waals surface area contributed by atoms with E-state index in [4.69, 9.17) is 14.2 Å². The second kappa shape index (κ2) is 55.9. The maximum atomic E-state index is 12.8. The number of carbonyl (C=O) groups excluding carboxylic acids is 3. The number of carbonyl (C=O) groups is 3. The lowest BCUT2D eigenvalue weighted by molar-refractivity contribution is -0.166. The van der Waals surface area contributed by atoms with Gasteiger partial charge in [0.1, 0.15) is 13.2 Å². The van der Waals surface area contributed by atoms with Crippen LogP contribution in [0.15, 0.2) is 146 Å². The van der Waals surface area contributed by atoms with Crippen LogP contribution in [0.4, 0.5) is 0 Å². The fourth-order valence-electron chi connectivity index (χ4n) is 6.78. The van der Waals surface area contributed by atoms with Crippen LogP contribution in [0.3, 0.4) is 0 Å². The Labute approximate surface area is 423 Å². The molecule has 69 heavy (non-hydrogen) atoms. The molecule has 6 nitrogen and oxygen atoms in total. The number of hydrogen-bond acceptors (Lipinski definition) is 6. The van der Waals surface area contributed by atoms with Crippen LogP contribution in [0.5, 0.6) is 0 Å². The van der Waals surface area contributed by atoms with Crippen LogP contribution in [0.25, 0.3) is 0 Å². The number of ether oxygens (including phenoxy) is 3. The molecule has 0 fully saturated rings. The number of esters is 3. The molecular formula is C63H98O6. The standard InChI is InChI=1S/C63H98O6/c1-4-7-10-13-16-19-22-25-26-27-28-29-30-31-32-33-34-35-36-39-41-44-47-50-53-56-62(65)68-59-60(69-63(66)57-54-51-48-45-42-38-24-21-18-15-12-9-6-3)58-67-61(64)55-52-49-46-43-40-37-23-20-17-14-11-8-5-2/h7,9-10,12,16,18-21,23,25-26,28-29,31-32,34-35,38-39,41-42,48,51,60H,4-6,8,11,13-15,17,22,24,27,30,33,36-37,40,43-47,49-50,52-59H2,1-3H3/b10-7-,12-9-,19-16-,21-18-,23-20-,26-25-,29-28-,32-31-,35-34-,41-39-,42-38-,51-48-. The molecule has 0 rings (SSSR count). The second-order valence-corrected chi connectivity index (χ2v) is 17.4. The molecule has 6 heteroatoms. The zero-order chi connectivity index (χ0) is 50.0. The third-order valence-corrected chi connectivity index (χ3v) is 10.8. The molecule has 0 N–H and O–H groups in total. The first kappa shape index (κ1) is 64.3. The molecule has 0 heterocycles. The second-order valence-electron chi connectivity index (χ2n) is 17.4. The van der Waals surface area contributed by atoms with Gasteiger partial charge in [-0.2, -0.15) is 0 Å². The Bertz CT molecular complexity index is 1560. The first-order chi connectivity index (χ1) is 34.0. The van der Waals surface area contributed by atoms with Crippen molar-refractivity contribution >= 4 is 17.9 Å². The van der Waals surface area contributed by atoms with Crippen molar-refractivity contribution in [3.8, 4) is 0 Å². The van der Waals surface area contributed by atoms with Gasteiger partial charge in [0.05, 0.1) is 0 Å². The third kappa shape index (κ3) is 54.1. The molecule has 0 saturated carbocycles. The fourth-order valence-corrected chi connectivity index (χ4v) is 6.78. The van der Waals surface area contributed by atoms with E-state index in [0.717, 1.165) is 128 Å². The maximum absolute atomic E-state index is 12.8. The van der Waals surface area contributed by atoms with E-state index in [9.17, 15) is 14.4 Å². The van der Waals surface area contributed by atoms with Gasteiger partial charge in [-0.15, -0.1) is 0 Å². The summed E-state index contributed by atoms with van der Waals surface area (Å²) >= 11 is 0. The van der Waals surface area contributed by atoms with Gasteiger partial charge in [-0.3, -0.25) is 14.4 Å². The van der Waals surface area contributed by atoms with Gasteiger partial charge < -0.3 is 14.2 Å². The molecule has 0 amide bonds. The molecule has 386 valence electrons. The van der Waals surface area contributed by atoms with E-state index in [-0.39, 0.29) is 31.6 Å². The van der Waals surface area contributed by atoms with Gasteiger partial charge >= 0.3 is 17.9 Å². The number of hydrogen-bond donors (Lipinski definition) is 0. The van der Waals surface area contributed by atoms with Gasteiger partial charge in [0, 0.05) is 19.3 Å². The Morgan fingerprint density at radius 1 is 0.304 bits per heavy atom. The maximum Gasteiger partial charge on any atom is 0.306 e. The summed E-state index contributed by atoms with van der Waals surface area (Å²) in [6.07, 6.45) is 79.9. The molecule has 0 aliphatic carbocycles. The summed E-state index contributed by atoms with van der Waals surface area (Å²) < 4.78 is 16.7. The summed E-state index contributed by atoms with van der Waals surface area (Å²) in [5, 5.41) is 0. The van der Waals surface area contributed by atoms with Crippen molar-refractivity contribution in [2.24, 2.45) is 0 Å². The smallest absolute Gasteiger partial charge is 0.306 e. The highest BCUT2D eigenvalue weighted by Gasteiger charge is 2.19. The lowest BCUT2D eigenvalue weighted by Crippen LogP contribution is -2.30. The molecule has 0 aromatic carbocycles. The SMILES string of the molecule is CC/C=C\C/C=C\C/C=C\C/C=C\C/C=C\C/C=C\C/C=C\CCCCCC(=O)OCC(COC(=O)CCCCCCC/C=C\CCCCCC)OC(=O)CC/C=C\C/C=C\C/C=C\C/C=C\CC. The van der Waals surface area contributed by atoms with Gasteiger partial charge in [0.15, 0.2) is 6.10 Å². The molecule has 0 radical (unpaired) electrons. The number of rotatable bonds is 47. The number of allylic oxidation sites excluding steroid dienone is 24. The molecule has 0 aromatic rings. The van der Waals surface area contributed by atoms with E-state index in [1.54, 1.807) is 0 Å². The molecule has 0 aliphatic heterocycles. The Hall–Kier alpha value is -4.71. The molecule has 1 atom stereocenters. The van der Waals surface area contributed by atoms with Crippen molar-refractivity contribution in [1.82, 2.24) is 0 Å². The molecule has 0 aromatic heterocycles. The number of unbranched alkanes of at least 4 members (excludes halogenated alkanes) is 12. The summed E-state index contributed by atoms with van der Waals surface area (Å²) in [5.41, 5.74) is 0. The van der Waals surface area contributed by atoms with E-state index >= 15 is 0 Å². The summed E-state index contributed by atoms with van der Waals surface area (Å²) in [7, 11) is 0. The lowest BCUT2D eigenvalue weighted by Gasteiger charge is -2.18. The third-order valence-electron chi connectivity index (χ3n) is 10.8. The summed E-state index contributed by atoms with van der Waals surface area (Å²) in [6.45, 7) is 6.27. The fraction of sp³-hybridized carbons (Fsp3) is 0.571. The molecule has 0 bridgehead atoms. The monoisotopic (exact) mass is 951 g/mol. The van der Waals surface area contributed by atoms with E-state index in [0.29, 0.717) is 19.3 Å². The summed E-state index contributed by atoms with van der Waals surface area (Å²) in [4.78, 5) is 38.0. The highest BCUT2D eigenvalue weighted by Crippen LogP contribution is 2.12.